The zero-order valence-electron chi connectivity index (χ0n) is 16.9. The van der Waals surface area contributed by atoms with Crippen molar-refractivity contribution in [2.75, 3.05) is 10.3 Å². The first-order valence-electron chi connectivity index (χ1n) is 9.90. The summed E-state index contributed by atoms with van der Waals surface area (Å²) >= 11 is 0. The monoisotopic (exact) mass is 449 g/mol. The molecule has 0 spiro atoms. The fraction of sp³-hybridized carbons (Fsp3) is 0.318. The maximum Gasteiger partial charge on any atom is 0.387 e. The normalized spacial score (nSPS) is 18.7. The van der Waals surface area contributed by atoms with Gasteiger partial charge in [0.25, 0.3) is 11.8 Å². The molecule has 0 bridgehead atoms. The molecule has 168 valence electrons. The Morgan fingerprint density at radius 2 is 1.88 bits per heavy atom. The topological polar surface area (TPSA) is 71.0 Å². The van der Waals surface area contributed by atoms with Gasteiger partial charge in [-0.05, 0) is 56.2 Å². The van der Waals surface area contributed by atoms with Crippen LogP contribution in [0.25, 0.3) is 0 Å². The molecule has 2 amide bonds. The average molecular weight is 449 g/mol. The van der Waals surface area contributed by atoms with E-state index in [1.54, 1.807) is 0 Å². The van der Waals surface area contributed by atoms with Gasteiger partial charge in [0.05, 0.1) is 11.4 Å². The molecule has 2 aliphatic rings. The molecule has 1 atom stereocenters. The Hall–Kier alpha value is -3.43. The summed E-state index contributed by atoms with van der Waals surface area (Å²) in [7, 11) is 0. The van der Waals surface area contributed by atoms with Crippen molar-refractivity contribution in [1.29, 1.82) is 0 Å². The Kier molecular flexibility index (Phi) is 5.62. The number of nitrogens with zero attached hydrogens (tertiary/aromatic N) is 2. The summed E-state index contributed by atoms with van der Waals surface area (Å²) in [6.45, 7) is -1.49. The van der Waals surface area contributed by atoms with Crippen LogP contribution in [0.1, 0.15) is 25.3 Å². The first-order valence-corrected chi connectivity index (χ1v) is 9.90. The number of alkyl halides is 4. The van der Waals surface area contributed by atoms with E-state index in [9.17, 15) is 27.2 Å². The third-order valence-electron chi connectivity index (χ3n) is 5.30. The molecule has 4 rings (SSSR count). The van der Waals surface area contributed by atoms with E-state index < -0.39 is 36.2 Å². The van der Waals surface area contributed by atoms with Gasteiger partial charge < -0.3 is 10.1 Å². The molecular weight excluding hydrogens is 430 g/mol. The Morgan fingerprint density at radius 3 is 2.50 bits per heavy atom. The smallest absolute Gasteiger partial charge is 0.387 e. The van der Waals surface area contributed by atoms with E-state index in [4.69, 9.17) is 0 Å². The van der Waals surface area contributed by atoms with Crippen molar-refractivity contribution >= 4 is 28.9 Å². The van der Waals surface area contributed by atoms with Gasteiger partial charge in [-0.2, -0.15) is 18.9 Å². The highest BCUT2D eigenvalue weighted by molar-refractivity contribution is 6.28. The predicted molar refractivity (Wildman–Crippen MR) is 109 cm³/mol. The number of carbonyl (C=O) groups is 2. The largest absolute Gasteiger partial charge is 0.435 e. The van der Waals surface area contributed by atoms with Gasteiger partial charge >= 0.3 is 6.61 Å². The highest BCUT2D eigenvalue weighted by Crippen LogP contribution is 2.49. The zero-order valence-corrected chi connectivity index (χ0v) is 16.9. The molecule has 1 aliphatic carbocycles. The number of halogens is 4. The maximum absolute atomic E-state index is 14.4. The second kappa shape index (κ2) is 8.25. The lowest BCUT2D eigenvalue weighted by Gasteiger charge is -2.18. The fourth-order valence-electron chi connectivity index (χ4n) is 3.52. The van der Waals surface area contributed by atoms with Crippen molar-refractivity contribution in [3.63, 3.8) is 0 Å². The number of hydrazone groups is 1. The Balaban J connectivity index is 1.47. The molecule has 1 fully saturated rings. The number of hydrogen-bond donors (Lipinski definition) is 1. The van der Waals surface area contributed by atoms with Crippen LogP contribution < -0.4 is 15.1 Å². The lowest BCUT2D eigenvalue weighted by atomic mass is 10.0. The highest BCUT2D eigenvalue weighted by Gasteiger charge is 2.48. The van der Waals surface area contributed by atoms with Crippen molar-refractivity contribution in [1.82, 2.24) is 0 Å². The Labute approximate surface area is 180 Å². The average Bonchev–Trinajstić information content (AvgIpc) is 3.54. The molecule has 1 unspecified atom stereocenters. The molecule has 0 saturated heterocycles. The molecule has 1 N–H and O–H groups in total. The molecule has 1 heterocycles. The van der Waals surface area contributed by atoms with E-state index >= 15 is 0 Å². The Morgan fingerprint density at radius 1 is 1.19 bits per heavy atom. The molecule has 6 nitrogen and oxygen atoms in total. The number of ether oxygens (including phenoxy) is 1. The van der Waals surface area contributed by atoms with Gasteiger partial charge in [-0.1, -0.05) is 12.1 Å². The summed E-state index contributed by atoms with van der Waals surface area (Å²) in [6.07, 6.45) is 0.918. The molecule has 2 aromatic carbocycles. The van der Waals surface area contributed by atoms with Crippen LogP contribution in [-0.2, 0) is 15.5 Å². The molecule has 32 heavy (non-hydrogen) atoms. The van der Waals surface area contributed by atoms with Gasteiger partial charge in [0.2, 0.25) is 5.91 Å². The summed E-state index contributed by atoms with van der Waals surface area (Å²) in [5.41, 5.74) is 0.436. The second-order valence-corrected chi connectivity index (χ2v) is 7.66. The molecule has 0 aromatic heterocycles. The molecule has 2 aromatic rings. The first kappa shape index (κ1) is 21.8. The first-order chi connectivity index (χ1) is 15.2. The number of carbonyl (C=O) groups excluding carboxylic acids is 2. The van der Waals surface area contributed by atoms with Crippen molar-refractivity contribution in [2.45, 2.75) is 32.3 Å². The molecule has 1 saturated carbocycles. The van der Waals surface area contributed by atoms with E-state index in [1.807, 2.05) is 0 Å². The number of hydrogen-bond acceptors (Lipinski definition) is 4. The molecule has 10 heteroatoms. The van der Waals surface area contributed by atoms with Crippen molar-refractivity contribution < 1.29 is 31.9 Å². The minimum atomic E-state index is -2.98. The summed E-state index contributed by atoms with van der Waals surface area (Å²) < 4.78 is 57.6. The minimum absolute atomic E-state index is 0.0896. The fourth-order valence-corrected chi connectivity index (χ4v) is 3.52. The van der Waals surface area contributed by atoms with E-state index in [1.165, 1.54) is 55.5 Å². The zero-order chi connectivity index (χ0) is 23.0. The summed E-state index contributed by atoms with van der Waals surface area (Å²) in [4.78, 5) is 25.6. The van der Waals surface area contributed by atoms with Crippen molar-refractivity contribution in [3.8, 4) is 5.75 Å². The van der Waals surface area contributed by atoms with Crippen LogP contribution >= 0.6 is 0 Å². The third kappa shape index (κ3) is 4.30. The Bertz CT molecular complexity index is 1070. The summed E-state index contributed by atoms with van der Waals surface area (Å²) in [5, 5.41) is 7.60. The van der Waals surface area contributed by atoms with Crippen LogP contribution in [0.3, 0.4) is 0 Å². The van der Waals surface area contributed by atoms with E-state index in [0.29, 0.717) is 12.8 Å². The standard InChI is InChI=1S/C22H19F4N3O3/c1-12-18(20(31)29(28-12)16-7-9-17(10-8-16)32-21(23)24)19(30)27-15-4-2-3-14(11-15)22(25,26)13-5-6-13/h2-4,7-11,13,18,21H,5-6H2,1H3,(H,27,30). The van der Waals surface area contributed by atoms with Crippen molar-refractivity contribution in [3.05, 3.63) is 54.1 Å². The number of amides is 2. The predicted octanol–water partition coefficient (Wildman–Crippen LogP) is 4.77. The number of benzene rings is 2. The van der Waals surface area contributed by atoms with Gasteiger partial charge in [-0.3, -0.25) is 9.59 Å². The van der Waals surface area contributed by atoms with Gasteiger partial charge in [-0.25, -0.2) is 8.78 Å². The van der Waals surface area contributed by atoms with Gasteiger partial charge in [0.15, 0.2) is 5.92 Å². The van der Waals surface area contributed by atoms with Crippen molar-refractivity contribution in [2.24, 2.45) is 16.9 Å². The second-order valence-electron chi connectivity index (χ2n) is 7.66. The van der Waals surface area contributed by atoms with E-state index in [0.717, 1.165) is 5.01 Å². The van der Waals surface area contributed by atoms with Crippen LogP contribution in [-0.4, -0.2) is 24.1 Å². The van der Waals surface area contributed by atoms with Crippen LogP contribution in [0, 0.1) is 11.8 Å². The summed E-state index contributed by atoms with van der Waals surface area (Å²) in [6, 6.07) is 10.6. The van der Waals surface area contributed by atoms with Crippen LogP contribution in [0.15, 0.2) is 53.6 Å². The van der Waals surface area contributed by atoms with Crippen LogP contribution in [0.4, 0.5) is 28.9 Å². The SMILES string of the molecule is CC1=NN(c2ccc(OC(F)F)cc2)C(=O)C1C(=O)Nc1cccc(C(F)(F)C2CC2)c1. The lowest BCUT2D eigenvalue weighted by Crippen LogP contribution is -2.36. The number of rotatable bonds is 7. The molecular formula is C22H19F4N3O3. The van der Waals surface area contributed by atoms with E-state index in [2.05, 4.69) is 15.2 Å². The number of anilines is 2. The molecule has 1 aliphatic heterocycles. The summed E-state index contributed by atoms with van der Waals surface area (Å²) in [5.74, 6) is -6.36. The molecule has 0 radical (unpaired) electrons. The highest BCUT2D eigenvalue weighted by atomic mass is 19.3. The number of nitrogens with one attached hydrogen (secondary N) is 1. The maximum atomic E-state index is 14.4. The van der Waals surface area contributed by atoms with Crippen LogP contribution in [0.5, 0.6) is 5.75 Å². The van der Waals surface area contributed by atoms with Gasteiger partial charge in [-0.15, -0.1) is 0 Å². The van der Waals surface area contributed by atoms with E-state index in [-0.39, 0.29) is 28.4 Å². The third-order valence-corrected chi connectivity index (χ3v) is 5.30. The quantitative estimate of drug-likeness (QED) is 0.489. The minimum Gasteiger partial charge on any atom is -0.435 e. The van der Waals surface area contributed by atoms with Crippen LogP contribution in [0.2, 0.25) is 0 Å². The lowest BCUT2D eigenvalue weighted by molar-refractivity contribution is -0.127. The van der Waals surface area contributed by atoms with Gasteiger partial charge in [0, 0.05) is 17.2 Å². The van der Waals surface area contributed by atoms with Gasteiger partial charge in [0.1, 0.15) is 5.75 Å².